The second kappa shape index (κ2) is 10.4. The lowest BCUT2D eigenvalue weighted by Gasteiger charge is -2.24. The van der Waals surface area contributed by atoms with Crippen molar-refractivity contribution in [1.29, 1.82) is 0 Å². The van der Waals surface area contributed by atoms with E-state index in [-0.39, 0.29) is 29.0 Å². The van der Waals surface area contributed by atoms with E-state index in [1.54, 1.807) is 17.0 Å². The van der Waals surface area contributed by atoms with E-state index in [1.807, 2.05) is 55.5 Å². The standard InChI is InChI=1S/C27H29N3O4/c1-2-6-24(31)29-20-13-10-18(11-14-20)17-28-26(33)23-9-5-16-30(23)27(34)22-15-12-19-7-3-4-8-21(19)25(22)32/h3-4,7-8,10-15,23,32H,2,5-6,9,16-17H2,1H3,(H,28,33)(H,29,31). The number of nitrogens with one attached hydrogen (secondary N) is 2. The van der Waals surface area contributed by atoms with E-state index >= 15 is 0 Å². The monoisotopic (exact) mass is 459 g/mol. The molecular formula is C27H29N3O4. The van der Waals surface area contributed by atoms with Gasteiger partial charge in [-0.1, -0.05) is 49.4 Å². The molecule has 1 heterocycles. The Hall–Kier alpha value is -3.87. The fourth-order valence-electron chi connectivity index (χ4n) is 4.33. The normalized spacial score (nSPS) is 15.3. The van der Waals surface area contributed by atoms with E-state index in [4.69, 9.17) is 0 Å². The molecule has 0 aliphatic carbocycles. The Balaban J connectivity index is 1.39. The first-order chi connectivity index (χ1) is 16.5. The number of rotatable bonds is 7. The lowest BCUT2D eigenvalue weighted by Crippen LogP contribution is -2.45. The number of fused-ring (bicyclic) bond motifs is 1. The maximum atomic E-state index is 13.2. The van der Waals surface area contributed by atoms with Crippen LogP contribution in [0.1, 0.15) is 48.5 Å². The minimum absolute atomic E-state index is 0.0213. The fraction of sp³-hybridized carbons (Fsp3) is 0.296. The van der Waals surface area contributed by atoms with Gasteiger partial charge in [-0.15, -0.1) is 0 Å². The quantitative estimate of drug-likeness (QED) is 0.493. The molecule has 1 fully saturated rings. The van der Waals surface area contributed by atoms with Gasteiger partial charge in [-0.2, -0.15) is 0 Å². The summed E-state index contributed by atoms with van der Waals surface area (Å²) in [5, 5.41) is 17.9. The second-order valence-corrected chi connectivity index (χ2v) is 8.55. The zero-order valence-corrected chi connectivity index (χ0v) is 19.2. The maximum absolute atomic E-state index is 13.2. The van der Waals surface area contributed by atoms with Crippen LogP contribution in [-0.4, -0.2) is 40.3 Å². The van der Waals surface area contributed by atoms with Crippen molar-refractivity contribution in [2.24, 2.45) is 0 Å². The van der Waals surface area contributed by atoms with Crippen molar-refractivity contribution < 1.29 is 19.5 Å². The number of benzene rings is 3. The van der Waals surface area contributed by atoms with Gasteiger partial charge in [0.2, 0.25) is 11.8 Å². The molecule has 0 aromatic heterocycles. The molecule has 1 unspecified atom stereocenters. The van der Waals surface area contributed by atoms with Gasteiger partial charge in [0.05, 0.1) is 5.56 Å². The smallest absolute Gasteiger partial charge is 0.258 e. The summed E-state index contributed by atoms with van der Waals surface area (Å²) < 4.78 is 0. The Morgan fingerprint density at radius 3 is 2.56 bits per heavy atom. The molecule has 3 amide bonds. The summed E-state index contributed by atoms with van der Waals surface area (Å²) in [5.74, 6) is -0.633. The number of hydrogen-bond donors (Lipinski definition) is 3. The number of nitrogens with zero attached hydrogens (tertiary/aromatic N) is 1. The molecule has 1 aliphatic rings. The molecule has 0 spiro atoms. The van der Waals surface area contributed by atoms with Crippen LogP contribution in [0.15, 0.2) is 60.7 Å². The van der Waals surface area contributed by atoms with Gasteiger partial charge in [-0.25, -0.2) is 0 Å². The Morgan fingerprint density at radius 1 is 1.03 bits per heavy atom. The third-order valence-electron chi connectivity index (χ3n) is 6.13. The molecule has 34 heavy (non-hydrogen) atoms. The number of phenols is 1. The van der Waals surface area contributed by atoms with Gasteiger partial charge in [0.1, 0.15) is 11.8 Å². The number of aromatic hydroxyl groups is 1. The highest BCUT2D eigenvalue weighted by Gasteiger charge is 2.35. The summed E-state index contributed by atoms with van der Waals surface area (Å²) >= 11 is 0. The highest BCUT2D eigenvalue weighted by atomic mass is 16.3. The molecule has 1 atom stereocenters. The molecule has 1 saturated heterocycles. The number of amides is 3. The van der Waals surface area contributed by atoms with Crippen LogP contribution in [0.25, 0.3) is 10.8 Å². The Kier molecular flexibility index (Phi) is 7.11. The summed E-state index contributed by atoms with van der Waals surface area (Å²) in [6, 6.07) is 17.5. The van der Waals surface area contributed by atoms with Crippen LogP contribution < -0.4 is 10.6 Å². The second-order valence-electron chi connectivity index (χ2n) is 8.55. The Morgan fingerprint density at radius 2 is 1.79 bits per heavy atom. The van der Waals surface area contributed by atoms with Crippen molar-refractivity contribution >= 4 is 34.2 Å². The first-order valence-corrected chi connectivity index (χ1v) is 11.7. The summed E-state index contributed by atoms with van der Waals surface area (Å²) in [5.41, 5.74) is 1.82. The van der Waals surface area contributed by atoms with E-state index in [0.717, 1.165) is 29.5 Å². The molecule has 7 nitrogen and oxygen atoms in total. The minimum Gasteiger partial charge on any atom is -0.506 e. The molecule has 1 aliphatic heterocycles. The third kappa shape index (κ3) is 5.03. The van der Waals surface area contributed by atoms with Crippen LogP contribution in [-0.2, 0) is 16.1 Å². The molecule has 3 aromatic carbocycles. The van der Waals surface area contributed by atoms with E-state index in [1.165, 1.54) is 0 Å². The predicted octanol–water partition coefficient (Wildman–Crippen LogP) is 4.21. The first kappa shape index (κ1) is 23.3. The summed E-state index contributed by atoms with van der Waals surface area (Å²) in [6.07, 6.45) is 2.57. The number of carbonyl (C=O) groups excluding carboxylic acids is 3. The lowest BCUT2D eigenvalue weighted by molar-refractivity contribution is -0.125. The minimum atomic E-state index is -0.578. The van der Waals surface area contributed by atoms with E-state index in [0.29, 0.717) is 31.3 Å². The molecule has 3 N–H and O–H groups in total. The van der Waals surface area contributed by atoms with E-state index in [2.05, 4.69) is 10.6 Å². The fourth-order valence-corrected chi connectivity index (χ4v) is 4.33. The lowest BCUT2D eigenvalue weighted by atomic mass is 10.0. The zero-order valence-electron chi connectivity index (χ0n) is 19.2. The number of anilines is 1. The van der Waals surface area contributed by atoms with Gasteiger partial charge in [0.25, 0.3) is 5.91 Å². The summed E-state index contributed by atoms with van der Waals surface area (Å²) in [7, 11) is 0. The average Bonchev–Trinajstić information content (AvgIpc) is 3.34. The molecule has 0 bridgehead atoms. The SMILES string of the molecule is CCCC(=O)Nc1ccc(CNC(=O)C2CCCN2C(=O)c2ccc3ccccc3c2O)cc1. The maximum Gasteiger partial charge on any atom is 0.258 e. The van der Waals surface area contributed by atoms with Crippen LogP contribution in [0.2, 0.25) is 0 Å². The molecule has 0 saturated carbocycles. The van der Waals surface area contributed by atoms with Gasteiger partial charge < -0.3 is 20.6 Å². The molecule has 3 aromatic rings. The highest BCUT2D eigenvalue weighted by Crippen LogP contribution is 2.31. The van der Waals surface area contributed by atoms with Crippen molar-refractivity contribution in [1.82, 2.24) is 10.2 Å². The van der Waals surface area contributed by atoms with E-state index < -0.39 is 6.04 Å². The number of likely N-dealkylation sites (tertiary alicyclic amines) is 1. The van der Waals surface area contributed by atoms with Gasteiger partial charge in [-0.05, 0) is 48.4 Å². The highest BCUT2D eigenvalue weighted by molar-refractivity contribution is 6.05. The van der Waals surface area contributed by atoms with Gasteiger partial charge in [0, 0.05) is 30.6 Å². The largest absolute Gasteiger partial charge is 0.506 e. The summed E-state index contributed by atoms with van der Waals surface area (Å²) in [4.78, 5) is 39.4. The third-order valence-corrected chi connectivity index (χ3v) is 6.13. The van der Waals surface area contributed by atoms with Crippen LogP contribution >= 0.6 is 0 Å². The van der Waals surface area contributed by atoms with Crippen molar-refractivity contribution in [3.8, 4) is 5.75 Å². The van der Waals surface area contributed by atoms with Crippen LogP contribution in [0.4, 0.5) is 5.69 Å². The number of phenolic OH excluding ortho intramolecular Hbond substituents is 1. The van der Waals surface area contributed by atoms with Crippen LogP contribution in [0.5, 0.6) is 5.75 Å². The first-order valence-electron chi connectivity index (χ1n) is 11.7. The topological polar surface area (TPSA) is 98.7 Å². The van der Waals surface area contributed by atoms with Gasteiger partial charge in [0.15, 0.2) is 0 Å². The van der Waals surface area contributed by atoms with Crippen molar-refractivity contribution in [2.45, 2.75) is 45.2 Å². The van der Waals surface area contributed by atoms with Crippen LogP contribution in [0.3, 0.4) is 0 Å². The molecule has 4 rings (SSSR count). The number of carbonyl (C=O) groups is 3. The zero-order chi connectivity index (χ0) is 24.1. The van der Waals surface area contributed by atoms with Gasteiger partial charge >= 0.3 is 0 Å². The van der Waals surface area contributed by atoms with E-state index in [9.17, 15) is 19.5 Å². The summed E-state index contributed by atoms with van der Waals surface area (Å²) in [6.45, 7) is 2.74. The van der Waals surface area contributed by atoms with Crippen LogP contribution in [0, 0.1) is 0 Å². The van der Waals surface area contributed by atoms with Crippen molar-refractivity contribution in [2.75, 3.05) is 11.9 Å². The molecule has 176 valence electrons. The van der Waals surface area contributed by atoms with Crippen molar-refractivity contribution in [3.63, 3.8) is 0 Å². The molecule has 0 radical (unpaired) electrons. The number of hydrogen-bond acceptors (Lipinski definition) is 4. The predicted molar refractivity (Wildman–Crippen MR) is 131 cm³/mol. The molecule has 7 heteroatoms. The Bertz CT molecular complexity index is 1210. The van der Waals surface area contributed by atoms with Gasteiger partial charge in [-0.3, -0.25) is 14.4 Å². The van der Waals surface area contributed by atoms with Crippen molar-refractivity contribution in [3.05, 3.63) is 71.8 Å². The molecular weight excluding hydrogens is 430 g/mol. The Labute approximate surface area is 198 Å². The average molecular weight is 460 g/mol.